The SMILES string of the molecule is CCC(CC)CNCCCOCC1CCCO1. The number of ether oxygens (including phenoxy) is 2. The van der Waals surface area contributed by atoms with Gasteiger partial charge in [0.15, 0.2) is 0 Å². The minimum atomic E-state index is 0.368. The van der Waals surface area contributed by atoms with Gasteiger partial charge in [-0.3, -0.25) is 0 Å². The van der Waals surface area contributed by atoms with E-state index in [2.05, 4.69) is 19.2 Å². The van der Waals surface area contributed by atoms with Gasteiger partial charge in [0, 0.05) is 13.2 Å². The number of hydrogen-bond donors (Lipinski definition) is 1. The van der Waals surface area contributed by atoms with Crippen LogP contribution in [0.5, 0.6) is 0 Å². The summed E-state index contributed by atoms with van der Waals surface area (Å²) in [6.07, 6.45) is 6.40. The van der Waals surface area contributed by atoms with E-state index in [0.29, 0.717) is 6.10 Å². The smallest absolute Gasteiger partial charge is 0.0809 e. The molecule has 1 saturated heterocycles. The zero-order chi connectivity index (χ0) is 12.3. The van der Waals surface area contributed by atoms with Crippen molar-refractivity contribution in [1.82, 2.24) is 5.32 Å². The predicted molar refractivity (Wildman–Crippen MR) is 71.4 cm³/mol. The molecule has 1 fully saturated rings. The molecule has 0 bridgehead atoms. The Hall–Kier alpha value is -0.120. The summed E-state index contributed by atoms with van der Waals surface area (Å²) in [6.45, 7) is 9.31. The highest BCUT2D eigenvalue weighted by molar-refractivity contribution is 4.63. The average Bonchev–Trinajstić information content (AvgIpc) is 2.86. The molecule has 0 aromatic rings. The molecule has 3 nitrogen and oxygen atoms in total. The fraction of sp³-hybridized carbons (Fsp3) is 1.00. The molecule has 0 spiro atoms. The number of hydrogen-bond acceptors (Lipinski definition) is 3. The van der Waals surface area contributed by atoms with Gasteiger partial charge in [0.05, 0.1) is 12.7 Å². The summed E-state index contributed by atoms with van der Waals surface area (Å²) in [5, 5.41) is 3.50. The van der Waals surface area contributed by atoms with Crippen LogP contribution in [-0.4, -0.2) is 39.0 Å². The Labute approximate surface area is 106 Å². The molecule has 102 valence electrons. The molecule has 1 heterocycles. The molecule has 1 rings (SSSR count). The van der Waals surface area contributed by atoms with Crippen molar-refractivity contribution < 1.29 is 9.47 Å². The summed E-state index contributed by atoms with van der Waals surface area (Å²) in [5.74, 6) is 0.836. The molecule has 0 saturated carbocycles. The molecule has 1 N–H and O–H groups in total. The van der Waals surface area contributed by atoms with E-state index in [1.165, 1.54) is 25.7 Å². The Kier molecular flexibility index (Phi) is 8.67. The fourth-order valence-electron chi connectivity index (χ4n) is 2.17. The molecule has 1 aliphatic rings. The molecular formula is C14H29NO2. The molecule has 3 heteroatoms. The summed E-state index contributed by atoms with van der Waals surface area (Å²) in [6, 6.07) is 0. The van der Waals surface area contributed by atoms with Crippen LogP contribution in [0.1, 0.15) is 46.0 Å². The van der Waals surface area contributed by atoms with E-state index in [9.17, 15) is 0 Å². The Morgan fingerprint density at radius 2 is 2.18 bits per heavy atom. The van der Waals surface area contributed by atoms with Crippen LogP contribution >= 0.6 is 0 Å². The van der Waals surface area contributed by atoms with Crippen LogP contribution in [-0.2, 0) is 9.47 Å². The first-order valence-electron chi connectivity index (χ1n) is 7.26. The third kappa shape index (κ3) is 7.02. The summed E-state index contributed by atoms with van der Waals surface area (Å²) in [4.78, 5) is 0. The van der Waals surface area contributed by atoms with Crippen LogP contribution in [0.3, 0.4) is 0 Å². The zero-order valence-corrected chi connectivity index (χ0v) is 11.5. The molecular weight excluding hydrogens is 214 g/mol. The number of nitrogens with one attached hydrogen (secondary N) is 1. The summed E-state index contributed by atoms with van der Waals surface area (Å²) >= 11 is 0. The summed E-state index contributed by atoms with van der Waals surface area (Å²) < 4.78 is 11.1. The van der Waals surface area contributed by atoms with Crippen LogP contribution < -0.4 is 5.32 Å². The van der Waals surface area contributed by atoms with Gasteiger partial charge in [-0.15, -0.1) is 0 Å². The summed E-state index contributed by atoms with van der Waals surface area (Å²) in [5.41, 5.74) is 0. The molecule has 0 aromatic heterocycles. The molecule has 1 aliphatic heterocycles. The second-order valence-corrected chi connectivity index (χ2v) is 4.95. The highest BCUT2D eigenvalue weighted by Crippen LogP contribution is 2.11. The fourth-order valence-corrected chi connectivity index (χ4v) is 2.17. The van der Waals surface area contributed by atoms with Gasteiger partial charge >= 0.3 is 0 Å². The van der Waals surface area contributed by atoms with Gasteiger partial charge in [-0.25, -0.2) is 0 Å². The Morgan fingerprint density at radius 3 is 2.82 bits per heavy atom. The molecule has 17 heavy (non-hydrogen) atoms. The van der Waals surface area contributed by atoms with Crippen LogP contribution in [0.15, 0.2) is 0 Å². The maximum absolute atomic E-state index is 5.61. The van der Waals surface area contributed by atoms with Crippen molar-refractivity contribution >= 4 is 0 Å². The van der Waals surface area contributed by atoms with Gasteiger partial charge < -0.3 is 14.8 Å². The predicted octanol–water partition coefficient (Wildman–Crippen LogP) is 2.60. The van der Waals surface area contributed by atoms with Gasteiger partial charge in [0.1, 0.15) is 0 Å². The lowest BCUT2D eigenvalue weighted by atomic mass is 10.0. The van der Waals surface area contributed by atoms with E-state index in [1.807, 2.05) is 0 Å². The van der Waals surface area contributed by atoms with Crippen molar-refractivity contribution in [3.05, 3.63) is 0 Å². The van der Waals surface area contributed by atoms with Gasteiger partial charge in [0.25, 0.3) is 0 Å². The van der Waals surface area contributed by atoms with E-state index in [-0.39, 0.29) is 0 Å². The van der Waals surface area contributed by atoms with Crippen LogP contribution in [0.2, 0.25) is 0 Å². The topological polar surface area (TPSA) is 30.5 Å². The van der Waals surface area contributed by atoms with Crippen molar-refractivity contribution in [1.29, 1.82) is 0 Å². The first kappa shape index (κ1) is 14.9. The second-order valence-electron chi connectivity index (χ2n) is 4.95. The Morgan fingerprint density at radius 1 is 1.35 bits per heavy atom. The average molecular weight is 243 g/mol. The minimum Gasteiger partial charge on any atom is -0.379 e. The van der Waals surface area contributed by atoms with Gasteiger partial charge in [-0.05, 0) is 38.3 Å². The maximum Gasteiger partial charge on any atom is 0.0809 e. The Balaban J connectivity index is 1.80. The molecule has 0 aromatic carbocycles. The van der Waals surface area contributed by atoms with Crippen LogP contribution in [0.25, 0.3) is 0 Å². The van der Waals surface area contributed by atoms with Crippen molar-refractivity contribution in [3.8, 4) is 0 Å². The lowest BCUT2D eigenvalue weighted by Crippen LogP contribution is -2.24. The standard InChI is InChI=1S/C14H29NO2/c1-3-13(4-2)11-15-8-6-9-16-12-14-7-5-10-17-14/h13-15H,3-12H2,1-2H3. The van der Waals surface area contributed by atoms with Crippen LogP contribution in [0, 0.1) is 5.92 Å². The molecule has 0 amide bonds. The first-order valence-corrected chi connectivity index (χ1v) is 7.26. The molecule has 0 radical (unpaired) electrons. The van der Waals surface area contributed by atoms with E-state index >= 15 is 0 Å². The zero-order valence-electron chi connectivity index (χ0n) is 11.5. The van der Waals surface area contributed by atoms with Crippen LogP contribution in [0.4, 0.5) is 0 Å². The number of rotatable bonds is 10. The highest BCUT2D eigenvalue weighted by Gasteiger charge is 2.14. The first-order chi connectivity index (χ1) is 8.36. The molecule has 1 unspecified atom stereocenters. The lowest BCUT2D eigenvalue weighted by Gasteiger charge is -2.13. The van der Waals surface area contributed by atoms with Gasteiger partial charge in [0.2, 0.25) is 0 Å². The van der Waals surface area contributed by atoms with E-state index in [1.54, 1.807) is 0 Å². The minimum absolute atomic E-state index is 0.368. The van der Waals surface area contributed by atoms with Crippen molar-refractivity contribution in [3.63, 3.8) is 0 Å². The highest BCUT2D eigenvalue weighted by atomic mass is 16.5. The van der Waals surface area contributed by atoms with Gasteiger partial charge in [-0.2, -0.15) is 0 Å². The van der Waals surface area contributed by atoms with Crippen molar-refractivity contribution in [2.24, 2.45) is 5.92 Å². The third-order valence-corrected chi connectivity index (χ3v) is 3.56. The Bertz CT molecular complexity index is 160. The molecule has 1 atom stereocenters. The lowest BCUT2D eigenvalue weighted by molar-refractivity contribution is 0.0166. The van der Waals surface area contributed by atoms with E-state index < -0.39 is 0 Å². The maximum atomic E-state index is 5.61. The van der Waals surface area contributed by atoms with Gasteiger partial charge in [-0.1, -0.05) is 26.7 Å². The monoisotopic (exact) mass is 243 g/mol. The summed E-state index contributed by atoms with van der Waals surface area (Å²) in [7, 11) is 0. The molecule has 0 aliphatic carbocycles. The largest absolute Gasteiger partial charge is 0.379 e. The van der Waals surface area contributed by atoms with Crippen molar-refractivity contribution in [2.75, 3.05) is 32.9 Å². The van der Waals surface area contributed by atoms with E-state index in [4.69, 9.17) is 9.47 Å². The normalized spacial score (nSPS) is 20.3. The quantitative estimate of drug-likeness (QED) is 0.598. The second kappa shape index (κ2) is 9.86. The van der Waals surface area contributed by atoms with E-state index in [0.717, 1.165) is 45.2 Å². The van der Waals surface area contributed by atoms with Crippen molar-refractivity contribution in [2.45, 2.75) is 52.1 Å². The third-order valence-electron chi connectivity index (χ3n) is 3.56.